The van der Waals surface area contributed by atoms with Crippen LogP contribution in [0, 0.1) is 0 Å². The van der Waals surface area contributed by atoms with Gasteiger partial charge in [-0.1, -0.05) is 0 Å². The average Bonchev–Trinajstić information content (AvgIpc) is 2.55. The first-order valence-corrected chi connectivity index (χ1v) is 5.11. The lowest BCUT2D eigenvalue weighted by Gasteiger charge is -2.23. The molecule has 0 bridgehead atoms. The Morgan fingerprint density at radius 2 is 2.11 bits per heavy atom. The van der Waals surface area contributed by atoms with Gasteiger partial charge in [0, 0.05) is 6.20 Å². The SMILES string of the molecule is CC(O)(CN1C(=O)c2cccnc2C1=O)C(=O)O. The first-order chi connectivity index (χ1) is 8.34. The fourth-order valence-electron chi connectivity index (χ4n) is 1.63. The van der Waals surface area contributed by atoms with E-state index in [1.165, 1.54) is 18.3 Å². The van der Waals surface area contributed by atoms with Crippen LogP contribution in [0.1, 0.15) is 27.8 Å². The number of hydrogen-bond donors (Lipinski definition) is 2. The lowest BCUT2D eigenvalue weighted by molar-refractivity contribution is -0.157. The number of β-amino-alcohol motifs (C(OH)–C–C–N with tert-alkyl or cyclic N) is 1. The minimum Gasteiger partial charge on any atom is -0.479 e. The number of rotatable bonds is 3. The van der Waals surface area contributed by atoms with Crippen LogP contribution >= 0.6 is 0 Å². The van der Waals surface area contributed by atoms with Crippen LogP contribution in [0.15, 0.2) is 18.3 Å². The Morgan fingerprint density at radius 3 is 2.67 bits per heavy atom. The summed E-state index contributed by atoms with van der Waals surface area (Å²) in [7, 11) is 0. The third kappa shape index (κ3) is 1.74. The predicted octanol–water partition coefficient (Wildman–Crippen LogP) is -0.487. The van der Waals surface area contributed by atoms with Gasteiger partial charge in [0.05, 0.1) is 12.1 Å². The van der Waals surface area contributed by atoms with Crippen molar-refractivity contribution in [3.8, 4) is 0 Å². The van der Waals surface area contributed by atoms with Gasteiger partial charge in [-0.3, -0.25) is 19.5 Å². The van der Waals surface area contributed by atoms with Gasteiger partial charge in [-0.15, -0.1) is 0 Å². The number of aliphatic carboxylic acids is 1. The monoisotopic (exact) mass is 250 g/mol. The molecule has 0 fully saturated rings. The van der Waals surface area contributed by atoms with E-state index in [1.807, 2.05) is 0 Å². The summed E-state index contributed by atoms with van der Waals surface area (Å²) in [4.78, 5) is 39.0. The molecule has 7 nitrogen and oxygen atoms in total. The van der Waals surface area contributed by atoms with E-state index >= 15 is 0 Å². The van der Waals surface area contributed by atoms with Crippen LogP contribution in [0.25, 0.3) is 0 Å². The molecule has 18 heavy (non-hydrogen) atoms. The van der Waals surface area contributed by atoms with Crippen LogP contribution in [-0.4, -0.2) is 50.0 Å². The summed E-state index contributed by atoms with van der Waals surface area (Å²) in [6.07, 6.45) is 1.36. The maximum Gasteiger partial charge on any atom is 0.337 e. The quantitative estimate of drug-likeness (QED) is 0.701. The number of carbonyl (C=O) groups is 3. The fourth-order valence-corrected chi connectivity index (χ4v) is 1.63. The molecule has 0 aromatic carbocycles. The molecule has 1 aliphatic rings. The van der Waals surface area contributed by atoms with Crippen molar-refractivity contribution in [3.63, 3.8) is 0 Å². The summed E-state index contributed by atoms with van der Waals surface area (Å²) in [6, 6.07) is 2.93. The Hall–Kier alpha value is -2.28. The lowest BCUT2D eigenvalue weighted by atomic mass is 10.1. The van der Waals surface area contributed by atoms with E-state index in [9.17, 15) is 19.5 Å². The van der Waals surface area contributed by atoms with E-state index < -0.39 is 29.9 Å². The van der Waals surface area contributed by atoms with Crippen molar-refractivity contribution in [2.45, 2.75) is 12.5 Å². The number of carboxylic acids is 1. The predicted molar refractivity (Wildman–Crippen MR) is 57.9 cm³/mol. The Bertz CT molecular complexity index is 517. The highest BCUT2D eigenvalue weighted by Crippen LogP contribution is 2.22. The molecule has 1 aromatic heterocycles. The number of pyridine rings is 1. The van der Waals surface area contributed by atoms with Crippen molar-refractivity contribution in [2.24, 2.45) is 0 Å². The smallest absolute Gasteiger partial charge is 0.337 e. The number of carbonyl (C=O) groups excluding carboxylic acids is 2. The van der Waals surface area contributed by atoms with Gasteiger partial charge in [0.15, 0.2) is 5.60 Å². The number of fused-ring (bicyclic) bond motifs is 1. The number of nitrogens with zero attached hydrogens (tertiary/aromatic N) is 2. The molecule has 2 N–H and O–H groups in total. The van der Waals surface area contributed by atoms with Gasteiger partial charge >= 0.3 is 5.97 Å². The lowest BCUT2D eigenvalue weighted by Crippen LogP contribution is -2.48. The highest BCUT2D eigenvalue weighted by atomic mass is 16.4. The first kappa shape index (κ1) is 12.2. The Morgan fingerprint density at radius 1 is 1.44 bits per heavy atom. The zero-order chi connectivity index (χ0) is 13.5. The summed E-state index contributed by atoms with van der Waals surface area (Å²) in [5.74, 6) is -2.85. The third-order valence-electron chi connectivity index (χ3n) is 2.66. The maximum absolute atomic E-state index is 11.9. The topological polar surface area (TPSA) is 108 Å². The van der Waals surface area contributed by atoms with Gasteiger partial charge in [0.2, 0.25) is 0 Å². The minimum atomic E-state index is -2.19. The van der Waals surface area contributed by atoms with Crippen molar-refractivity contribution in [2.75, 3.05) is 6.54 Å². The van der Waals surface area contributed by atoms with Gasteiger partial charge in [-0.05, 0) is 19.1 Å². The molecule has 1 atom stereocenters. The molecule has 0 saturated heterocycles. The molecule has 1 aliphatic heterocycles. The van der Waals surface area contributed by atoms with Crippen molar-refractivity contribution >= 4 is 17.8 Å². The largest absolute Gasteiger partial charge is 0.479 e. The van der Waals surface area contributed by atoms with Gasteiger partial charge in [-0.25, -0.2) is 4.79 Å². The van der Waals surface area contributed by atoms with Crippen molar-refractivity contribution in [1.82, 2.24) is 9.88 Å². The number of hydrogen-bond acceptors (Lipinski definition) is 5. The number of amides is 2. The molecule has 2 rings (SSSR count). The summed E-state index contributed by atoms with van der Waals surface area (Å²) in [6.45, 7) is 0.405. The molecule has 7 heteroatoms. The van der Waals surface area contributed by atoms with Crippen molar-refractivity contribution < 1.29 is 24.6 Å². The Balaban J connectivity index is 2.32. The van der Waals surface area contributed by atoms with Crippen LogP contribution in [0.5, 0.6) is 0 Å². The highest BCUT2D eigenvalue weighted by Gasteiger charge is 2.42. The van der Waals surface area contributed by atoms with Crippen molar-refractivity contribution in [1.29, 1.82) is 0 Å². The van der Waals surface area contributed by atoms with Crippen LogP contribution in [-0.2, 0) is 4.79 Å². The Kier molecular flexibility index (Phi) is 2.63. The van der Waals surface area contributed by atoms with Gasteiger partial charge in [0.1, 0.15) is 5.69 Å². The molecule has 0 saturated carbocycles. The minimum absolute atomic E-state index is 0.0244. The normalized spacial score (nSPS) is 17.6. The summed E-state index contributed by atoms with van der Waals surface area (Å²) in [5, 5.41) is 18.4. The molecule has 94 valence electrons. The van der Waals surface area contributed by atoms with Gasteiger partial charge in [0.25, 0.3) is 11.8 Å². The summed E-state index contributed by atoms with van der Waals surface area (Å²) in [5.41, 5.74) is -2.10. The summed E-state index contributed by atoms with van der Waals surface area (Å²) < 4.78 is 0. The Labute approximate surface area is 102 Å². The number of aliphatic hydroxyl groups is 1. The third-order valence-corrected chi connectivity index (χ3v) is 2.66. The van der Waals surface area contributed by atoms with Crippen LogP contribution in [0.2, 0.25) is 0 Å². The zero-order valence-electron chi connectivity index (χ0n) is 9.45. The fraction of sp³-hybridized carbons (Fsp3) is 0.273. The molecule has 1 aromatic rings. The standard InChI is InChI=1S/C11H10N2O5/c1-11(18,10(16)17)5-13-8(14)6-3-2-4-12-7(6)9(13)15/h2-4,18H,5H2,1H3,(H,16,17). The van der Waals surface area contributed by atoms with Gasteiger partial charge in [-0.2, -0.15) is 0 Å². The van der Waals surface area contributed by atoms with E-state index in [1.54, 1.807) is 0 Å². The van der Waals surface area contributed by atoms with E-state index in [-0.39, 0.29) is 11.3 Å². The number of imide groups is 1. The zero-order valence-corrected chi connectivity index (χ0v) is 9.45. The van der Waals surface area contributed by atoms with E-state index in [2.05, 4.69) is 4.98 Å². The molecular weight excluding hydrogens is 240 g/mol. The maximum atomic E-state index is 11.9. The van der Waals surface area contributed by atoms with Crippen LogP contribution in [0.4, 0.5) is 0 Å². The van der Waals surface area contributed by atoms with Gasteiger partial charge < -0.3 is 10.2 Å². The van der Waals surface area contributed by atoms with Crippen molar-refractivity contribution in [3.05, 3.63) is 29.6 Å². The molecular formula is C11H10N2O5. The second-order valence-electron chi connectivity index (χ2n) is 4.18. The molecule has 2 heterocycles. The molecule has 0 radical (unpaired) electrons. The average molecular weight is 250 g/mol. The highest BCUT2D eigenvalue weighted by molar-refractivity contribution is 6.20. The van der Waals surface area contributed by atoms with E-state index in [0.29, 0.717) is 4.90 Å². The number of carboxylic acid groups (broad SMARTS) is 1. The van der Waals surface area contributed by atoms with Crippen LogP contribution < -0.4 is 0 Å². The van der Waals surface area contributed by atoms with E-state index in [0.717, 1.165) is 6.92 Å². The number of aromatic nitrogens is 1. The second kappa shape index (κ2) is 3.88. The summed E-state index contributed by atoms with van der Waals surface area (Å²) >= 11 is 0. The first-order valence-electron chi connectivity index (χ1n) is 5.11. The molecule has 0 spiro atoms. The van der Waals surface area contributed by atoms with E-state index in [4.69, 9.17) is 5.11 Å². The van der Waals surface area contributed by atoms with Crippen LogP contribution in [0.3, 0.4) is 0 Å². The molecule has 0 aliphatic carbocycles. The second-order valence-corrected chi connectivity index (χ2v) is 4.18. The molecule has 1 unspecified atom stereocenters. The molecule has 2 amide bonds.